The lowest BCUT2D eigenvalue weighted by atomic mass is 9.99. The SMILES string of the molecule is COC(=O)[C@@H]1[C@@H]2[C@H](CN1C(=O)[C@H](Cc1ccccn1)NC(=O)OC(C)(C)C)C2(C)C. The number of hydrogen-bond acceptors (Lipinski definition) is 6. The van der Waals surface area contributed by atoms with E-state index in [0.717, 1.165) is 0 Å². The molecule has 1 aromatic heterocycles. The van der Waals surface area contributed by atoms with E-state index in [-0.39, 0.29) is 29.6 Å². The Morgan fingerprint density at radius 1 is 1.30 bits per heavy atom. The minimum atomic E-state index is -0.900. The number of pyridine rings is 1. The van der Waals surface area contributed by atoms with E-state index < -0.39 is 29.7 Å². The fraction of sp³-hybridized carbons (Fsp3) is 0.636. The molecule has 0 bridgehead atoms. The molecule has 3 rings (SSSR count). The Balaban J connectivity index is 1.82. The topological polar surface area (TPSA) is 97.8 Å². The number of likely N-dealkylation sites (tertiary alicyclic amines) is 1. The van der Waals surface area contributed by atoms with Gasteiger partial charge < -0.3 is 19.7 Å². The van der Waals surface area contributed by atoms with Crippen molar-refractivity contribution in [3.05, 3.63) is 30.1 Å². The zero-order valence-electron chi connectivity index (χ0n) is 18.5. The van der Waals surface area contributed by atoms with Crippen molar-refractivity contribution in [1.82, 2.24) is 15.2 Å². The number of rotatable bonds is 5. The normalized spacial score (nSPS) is 25.1. The van der Waals surface area contributed by atoms with Crippen LogP contribution in [0.3, 0.4) is 0 Å². The standard InChI is InChI=1S/C22H31N3O5/c1-21(2,3)30-20(28)24-15(11-13-9-7-8-10-23-13)18(26)25-12-14-16(22(14,4)5)17(25)19(27)29-6/h7-10,14-17H,11-12H2,1-6H3,(H,24,28)/t14-,15-,16-,17-/m0/s1. The molecule has 2 aliphatic rings. The van der Waals surface area contributed by atoms with Crippen molar-refractivity contribution in [2.75, 3.05) is 13.7 Å². The highest BCUT2D eigenvalue weighted by molar-refractivity contribution is 5.91. The highest BCUT2D eigenvalue weighted by atomic mass is 16.6. The van der Waals surface area contributed by atoms with Gasteiger partial charge in [0, 0.05) is 30.8 Å². The quantitative estimate of drug-likeness (QED) is 0.738. The number of alkyl carbamates (subject to hydrolysis) is 1. The summed E-state index contributed by atoms with van der Waals surface area (Å²) in [7, 11) is 1.33. The lowest BCUT2D eigenvalue weighted by Gasteiger charge is -2.32. The molecule has 2 fully saturated rings. The van der Waals surface area contributed by atoms with E-state index in [1.54, 1.807) is 44.0 Å². The van der Waals surface area contributed by atoms with E-state index in [0.29, 0.717) is 12.2 Å². The Kier molecular flexibility index (Phi) is 5.80. The second-order valence-electron chi connectivity index (χ2n) is 9.64. The van der Waals surface area contributed by atoms with E-state index in [4.69, 9.17) is 9.47 Å². The maximum atomic E-state index is 13.5. The fourth-order valence-corrected chi connectivity index (χ4v) is 4.48. The summed E-state index contributed by atoms with van der Waals surface area (Å²) in [6.45, 7) is 9.93. The van der Waals surface area contributed by atoms with Crippen LogP contribution in [-0.4, -0.2) is 59.2 Å². The molecule has 8 nitrogen and oxygen atoms in total. The summed E-state index contributed by atoms with van der Waals surface area (Å²) >= 11 is 0. The molecule has 1 aromatic rings. The molecule has 1 N–H and O–H groups in total. The second kappa shape index (κ2) is 7.89. The molecule has 1 saturated heterocycles. The van der Waals surface area contributed by atoms with E-state index in [2.05, 4.69) is 24.1 Å². The number of carbonyl (C=O) groups excluding carboxylic acids is 3. The molecule has 0 radical (unpaired) electrons. The van der Waals surface area contributed by atoms with E-state index in [1.165, 1.54) is 7.11 Å². The lowest BCUT2D eigenvalue weighted by Crippen LogP contribution is -2.55. The van der Waals surface area contributed by atoms with Gasteiger partial charge in [0.15, 0.2) is 0 Å². The zero-order chi connectivity index (χ0) is 22.3. The summed E-state index contributed by atoms with van der Waals surface area (Å²) < 4.78 is 10.3. The molecule has 1 aliphatic heterocycles. The van der Waals surface area contributed by atoms with Gasteiger partial charge in [-0.05, 0) is 44.2 Å². The van der Waals surface area contributed by atoms with Crippen molar-refractivity contribution in [2.24, 2.45) is 17.3 Å². The fourth-order valence-electron chi connectivity index (χ4n) is 4.48. The van der Waals surface area contributed by atoms with Crippen molar-refractivity contribution in [1.29, 1.82) is 0 Å². The molecule has 1 saturated carbocycles. The number of hydrogen-bond donors (Lipinski definition) is 1. The van der Waals surface area contributed by atoms with Crippen molar-refractivity contribution in [3.8, 4) is 0 Å². The Bertz CT molecular complexity index is 818. The van der Waals surface area contributed by atoms with Crippen LogP contribution in [0.1, 0.15) is 40.3 Å². The van der Waals surface area contributed by atoms with Crippen LogP contribution >= 0.6 is 0 Å². The first kappa shape index (κ1) is 22.1. The van der Waals surface area contributed by atoms with Gasteiger partial charge in [-0.2, -0.15) is 0 Å². The lowest BCUT2D eigenvalue weighted by molar-refractivity contribution is -0.153. The molecular formula is C22H31N3O5. The van der Waals surface area contributed by atoms with Gasteiger partial charge in [-0.3, -0.25) is 9.78 Å². The number of methoxy groups -OCH3 is 1. The van der Waals surface area contributed by atoms with E-state index in [1.807, 2.05) is 6.07 Å². The number of esters is 1. The van der Waals surface area contributed by atoms with Crippen LogP contribution in [0.2, 0.25) is 0 Å². The minimum absolute atomic E-state index is 0.00921. The summed E-state index contributed by atoms with van der Waals surface area (Å²) in [5, 5.41) is 2.68. The van der Waals surface area contributed by atoms with Crippen LogP contribution in [0, 0.1) is 17.3 Å². The monoisotopic (exact) mass is 417 g/mol. The Labute approximate surface area is 177 Å². The van der Waals surface area contributed by atoms with Gasteiger partial charge in [0.25, 0.3) is 0 Å². The molecule has 1 aliphatic carbocycles. The van der Waals surface area contributed by atoms with Crippen LogP contribution in [-0.2, 0) is 25.5 Å². The third-order valence-corrected chi connectivity index (χ3v) is 6.06. The number of piperidine rings is 1. The third kappa shape index (κ3) is 4.42. The molecular weight excluding hydrogens is 386 g/mol. The maximum absolute atomic E-state index is 13.5. The zero-order valence-corrected chi connectivity index (χ0v) is 18.5. The van der Waals surface area contributed by atoms with E-state index in [9.17, 15) is 14.4 Å². The van der Waals surface area contributed by atoms with Gasteiger partial charge in [0.2, 0.25) is 5.91 Å². The molecule has 0 spiro atoms. The second-order valence-corrected chi connectivity index (χ2v) is 9.64. The summed E-state index contributed by atoms with van der Waals surface area (Å²) in [5.74, 6) is -0.450. The first-order valence-electron chi connectivity index (χ1n) is 10.2. The van der Waals surface area contributed by atoms with Gasteiger partial charge in [-0.1, -0.05) is 19.9 Å². The summed E-state index contributed by atoms with van der Waals surface area (Å²) in [6.07, 6.45) is 1.15. The van der Waals surface area contributed by atoms with Crippen LogP contribution in [0.5, 0.6) is 0 Å². The predicted molar refractivity (Wildman–Crippen MR) is 109 cm³/mol. The van der Waals surface area contributed by atoms with Gasteiger partial charge in [0.05, 0.1) is 7.11 Å². The number of carbonyl (C=O) groups is 3. The van der Waals surface area contributed by atoms with Gasteiger partial charge >= 0.3 is 12.1 Å². The first-order chi connectivity index (χ1) is 14.0. The smallest absolute Gasteiger partial charge is 0.408 e. The predicted octanol–water partition coefficient (Wildman–Crippen LogP) is 2.17. The molecule has 2 heterocycles. The number of ether oxygens (including phenoxy) is 2. The van der Waals surface area contributed by atoms with Crippen LogP contribution in [0.4, 0.5) is 4.79 Å². The number of nitrogens with one attached hydrogen (secondary N) is 1. The Morgan fingerprint density at radius 3 is 2.57 bits per heavy atom. The first-order valence-corrected chi connectivity index (χ1v) is 10.2. The third-order valence-electron chi connectivity index (χ3n) is 6.06. The van der Waals surface area contributed by atoms with Crippen LogP contribution in [0.15, 0.2) is 24.4 Å². The summed E-state index contributed by atoms with van der Waals surface area (Å²) in [4.78, 5) is 44.2. The molecule has 30 heavy (non-hydrogen) atoms. The average Bonchev–Trinajstić information content (AvgIpc) is 3.01. The number of aromatic nitrogens is 1. The number of nitrogens with zero attached hydrogens (tertiary/aromatic N) is 2. The highest BCUT2D eigenvalue weighted by Crippen LogP contribution is 2.65. The highest BCUT2D eigenvalue weighted by Gasteiger charge is 2.70. The summed E-state index contributed by atoms with van der Waals surface area (Å²) in [5.41, 5.74) is -0.0486. The largest absolute Gasteiger partial charge is 0.467 e. The number of amides is 2. The molecule has 2 amide bonds. The van der Waals surface area contributed by atoms with E-state index >= 15 is 0 Å². The molecule has 0 aromatic carbocycles. The van der Waals surface area contributed by atoms with Crippen molar-refractivity contribution in [2.45, 2.75) is 58.7 Å². The Morgan fingerprint density at radius 2 is 2.00 bits per heavy atom. The molecule has 4 atom stereocenters. The average molecular weight is 418 g/mol. The maximum Gasteiger partial charge on any atom is 0.408 e. The van der Waals surface area contributed by atoms with Crippen molar-refractivity contribution >= 4 is 18.0 Å². The molecule has 164 valence electrons. The van der Waals surface area contributed by atoms with Gasteiger partial charge in [-0.25, -0.2) is 9.59 Å². The van der Waals surface area contributed by atoms with Crippen molar-refractivity contribution < 1.29 is 23.9 Å². The molecule has 0 unspecified atom stereocenters. The van der Waals surface area contributed by atoms with Crippen molar-refractivity contribution in [3.63, 3.8) is 0 Å². The summed E-state index contributed by atoms with van der Waals surface area (Å²) in [6, 6.07) is 3.85. The van der Waals surface area contributed by atoms with Gasteiger partial charge in [-0.15, -0.1) is 0 Å². The Hall–Kier alpha value is -2.64. The van der Waals surface area contributed by atoms with Crippen LogP contribution in [0.25, 0.3) is 0 Å². The van der Waals surface area contributed by atoms with Crippen LogP contribution < -0.4 is 5.32 Å². The number of fused-ring (bicyclic) bond motifs is 1. The minimum Gasteiger partial charge on any atom is -0.467 e. The van der Waals surface area contributed by atoms with Gasteiger partial charge in [0.1, 0.15) is 17.7 Å². The molecule has 8 heteroatoms.